The SMILES string of the molecule is CC(=O)N1CCC(C(=O)N2CCC(Cc3nn(C)cc3C(=O)NC3CCCC3)CC2)CC1. The standard InChI is InChI=1S/C24H37N5O3/c1-17(30)28-13-9-19(10-14-28)24(32)29-11-7-18(8-12-29)15-22-21(16-27(2)26-22)23(31)25-20-5-3-4-6-20/h16,18-20H,3-15H2,1-2H3,(H,25,31). The van der Waals surface area contributed by atoms with Crippen LogP contribution in [0.3, 0.4) is 0 Å². The van der Waals surface area contributed by atoms with Crippen LogP contribution in [0, 0.1) is 11.8 Å². The van der Waals surface area contributed by atoms with Crippen LogP contribution in [-0.2, 0) is 23.1 Å². The van der Waals surface area contributed by atoms with Crippen LogP contribution < -0.4 is 5.32 Å². The maximum absolute atomic E-state index is 13.0. The van der Waals surface area contributed by atoms with Crippen molar-refractivity contribution in [3.63, 3.8) is 0 Å². The molecule has 3 fully saturated rings. The van der Waals surface area contributed by atoms with Crippen LogP contribution in [0.2, 0.25) is 0 Å². The van der Waals surface area contributed by atoms with Gasteiger partial charge in [0.1, 0.15) is 0 Å². The van der Waals surface area contributed by atoms with Crippen molar-refractivity contribution in [3.05, 3.63) is 17.5 Å². The summed E-state index contributed by atoms with van der Waals surface area (Å²) in [6, 6.07) is 0.298. The zero-order chi connectivity index (χ0) is 22.7. The van der Waals surface area contributed by atoms with Crippen LogP contribution in [0.15, 0.2) is 6.20 Å². The fraction of sp³-hybridized carbons (Fsp3) is 0.750. The number of aryl methyl sites for hydroxylation is 1. The molecule has 1 aliphatic carbocycles. The minimum absolute atomic E-state index is 0.00418. The number of carbonyl (C=O) groups is 3. The van der Waals surface area contributed by atoms with Crippen molar-refractivity contribution >= 4 is 17.7 Å². The Morgan fingerprint density at radius 3 is 2.22 bits per heavy atom. The predicted molar refractivity (Wildman–Crippen MR) is 121 cm³/mol. The highest BCUT2D eigenvalue weighted by Gasteiger charge is 2.32. The normalized spacial score (nSPS) is 21.2. The van der Waals surface area contributed by atoms with E-state index in [1.807, 2.05) is 23.0 Å². The van der Waals surface area contributed by atoms with E-state index in [9.17, 15) is 14.4 Å². The van der Waals surface area contributed by atoms with Crippen LogP contribution in [0.1, 0.15) is 74.3 Å². The monoisotopic (exact) mass is 443 g/mol. The van der Waals surface area contributed by atoms with E-state index in [4.69, 9.17) is 0 Å². The average molecular weight is 444 g/mol. The minimum Gasteiger partial charge on any atom is -0.349 e. The lowest BCUT2D eigenvalue weighted by molar-refractivity contribution is -0.141. The van der Waals surface area contributed by atoms with E-state index in [0.29, 0.717) is 30.6 Å². The molecule has 0 atom stereocenters. The number of amides is 3. The summed E-state index contributed by atoms with van der Waals surface area (Å²) in [5.41, 5.74) is 1.58. The third kappa shape index (κ3) is 5.33. The van der Waals surface area contributed by atoms with Crippen LogP contribution in [0.25, 0.3) is 0 Å². The lowest BCUT2D eigenvalue weighted by Gasteiger charge is -2.37. The highest BCUT2D eigenvalue weighted by atomic mass is 16.2. The summed E-state index contributed by atoms with van der Waals surface area (Å²) in [6.45, 7) is 4.51. The summed E-state index contributed by atoms with van der Waals surface area (Å²) in [5.74, 6) is 0.837. The Balaban J connectivity index is 1.27. The zero-order valence-corrected chi connectivity index (χ0v) is 19.5. The molecule has 8 nitrogen and oxygen atoms in total. The highest BCUT2D eigenvalue weighted by molar-refractivity contribution is 5.95. The van der Waals surface area contributed by atoms with E-state index in [2.05, 4.69) is 10.4 Å². The third-order valence-corrected chi connectivity index (χ3v) is 7.54. The van der Waals surface area contributed by atoms with Crippen molar-refractivity contribution in [1.29, 1.82) is 0 Å². The van der Waals surface area contributed by atoms with Gasteiger partial charge in [0.15, 0.2) is 0 Å². The van der Waals surface area contributed by atoms with Gasteiger partial charge in [-0.3, -0.25) is 19.1 Å². The van der Waals surface area contributed by atoms with E-state index in [0.717, 1.165) is 63.7 Å². The van der Waals surface area contributed by atoms with Crippen molar-refractivity contribution in [2.75, 3.05) is 26.2 Å². The summed E-state index contributed by atoms with van der Waals surface area (Å²) in [7, 11) is 1.87. The first-order chi connectivity index (χ1) is 15.4. The van der Waals surface area contributed by atoms with Crippen LogP contribution in [0.4, 0.5) is 0 Å². The predicted octanol–water partition coefficient (Wildman–Crippen LogP) is 2.13. The molecule has 0 aromatic carbocycles. The molecular weight excluding hydrogens is 406 g/mol. The summed E-state index contributed by atoms with van der Waals surface area (Å²) in [5, 5.41) is 7.78. The molecule has 2 saturated heterocycles. The molecule has 3 heterocycles. The molecule has 4 rings (SSSR count). The third-order valence-electron chi connectivity index (χ3n) is 7.54. The van der Waals surface area contributed by atoms with E-state index in [1.165, 1.54) is 12.8 Å². The van der Waals surface area contributed by atoms with Gasteiger partial charge < -0.3 is 15.1 Å². The Morgan fingerprint density at radius 2 is 1.59 bits per heavy atom. The van der Waals surface area contributed by atoms with Gasteiger partial charge in [0.25, 0.3) is 5.91 Å². The Bertz CT molecular complexity index is 829. The Hall–Kier alpha value is -2.38. The highest BCUT2D eigenvalue weighted by Crippen LogP contribution is 2.27. The summed E-state index contributed by atoms with van der Waals surface area (Å²) < 4.78 is 1.74. The molecule has 2 aliphatic heterocycles. The zero-order valence-electron chi connectivity index (χ0n) is 19.5. The average Bonchev–Trinajstić information content (AvgIpc) is 3.43. The largest absolute Gasteiger partial charge is 0.349 e. The van der Waals surface area contributed by atoms with Crippen molar-refractivity contribution in [3.8, 4) is 0 Å². The maximum atomic E-state index is 13.0. The maximum Gasteiger partial charge on any atom is 0.254 e. The van der Waals surface area contributed by atoms with Gasteiger partial charge in [-0.2, -0.15) is 5.10 Å². The molecule has 0 radical (unpaired) electrons. The van der Waals surface area contributed by atoms with E-state index < -0.39 is 0 Å². The molecule has 176 valence electrons. The van der Waals surface area contributed by atoms with Crippen LogP contribution >= 0.6 is 0 Å². The van der Waals surface area contributed by atoms with Crippen LogP contribution in [-0.4, -0.2) is 69.5 Å². The Labute approximate surface area is 190 Å². The van der Waals surface area contributed by atoms with Gasteiger partial charge in [0, 0.05) is 58.3 Å². The molecule has 1 N–H and O–H groups in total. The van der Waals surface area contributed by atoms with Gasteiger partial charge in [-0.25, -0.2) is 0 Å². The molecule has 3 amide bonds. The number of carbonyl (C=O) groups excluding carboxylic acids is 3. The minimum atomic E-state index is 0.00418. The molecule has 8 heteroatoms. The number of hydrogen-bond acceptors (Lipinski definition) is 4. The summed E-state index contributed by atoms with van der Waals surface area (Å²) in [6.07, 6.45) is 10.6. The van der Waals surface area contributed by atoms with Gasteiger partial charge >= 0.3 is 0 Å². The first kappa shape index (κ1) is 22.8. The summed E-state index contributed by atoms with van der Waals surface area (Å²) in [4.78, 5) is 41.1. The van der Waals surface area contributed by atoms with E-state index >= 15 is 0 Å². The van der Waals surface area contributed by atoms with Crippen molar-refractivity contribution in [2.45, 2.75) is 70.8 Å². The second-order valence-electron chi connectivity index (χ2n) is 9.87. The smallest absolute Gasteiger partial charge is 0.254 e. The quantitative estimate of drug-likeness (QED) is 0.755. The van der Waals surface area contributed by atoms with Gasteiger partial charge in [-0.1, -0.05) is 12.8 Å². The van der Waals surface area contributed by atoms with Crippen molar-refractivity contribution in [2.24, 2.45) is 18.9 Å². The van der Waals surface area contributed by atoms with Gasteiger partial charge in [-0.05, 0) is 50.9 Å². The van der Waals surface area contributed by atoms with Gasteiger partial charge in [-0.15, -0.1) is 0 Å². The number of rotatable bonds is 5. The molecule has 0 unspecified atom stereocenters. The first-order valence-electron chi connectivity index (χ1n) is 12.3. The lowest BCUT2D eigenvalue weighted by atomic mass is 9.89. The second kappa shape index (κ2) is 10.0. The molecule has 0 bridgehead atoms. The second-order valence-corrected chi connectivity index (χ2v) is 9.87. The molecular formula is C24H37N5O3. The number of nitrogens with one attached hydrogen (secondary N) is 1. The summed E-state index contributed by atoms with van der Waals surface area (Å²) >= 11 is 0. The fourth-order valence-electron chi connectivity index (χ4n) is 5.54. The van der Waals surface area contributed by atoms with Crippen LogP contribution in [0.5, 0.6) is 0 Å². The van der Waals surface area contributed by atoms with E-state index in [1.54, 1.807) is 11.6 Å². The molecule has 1 aromatic heterocycles. The van der Waals surface area contributed by atoms with Gasteiger partial charge in [0.2, 0.25) is 11.8 Å². The molecule has 1 aromatic rings. The number of piperidine rings is 2. The Morgan fingerprint density at radius 1 is 0.969 bits per heavy atom. The lowest BCUT2D eigenvalue weighted by Crippen LogP contribution is -2.46. The number of aromatic nitrogens is 2. The molecule has 1 saturated carbocycles. The number of hydrogen-bond donors (Lipinski definition) is 1. The molecule has 32 heavy (non-hydrogen) atoms. The molecule has 0 spiro atoms. The van der Waals surface area contributed by atoms with Gasteiger partial charge in [0.05, 0.1) is 11.3 Å². The number of likely N-dealkylation sites (tertiary alicyclic amines) is 2. The fourth-order valence-corrected chi connectivity index (χ4v) is 5.54. The molecule has 3 aliphatic rings. The Kier molecular flexibility index (Phi) is 7.16. The van der Waals surface area contributed by atoms with Crippen molar-refractivity contribution < 1.29 is 14.4 Å². The van der Waals surface area contributed by atoms with E-state index in [-0.39, 0.29) is 23.6 Å². The number of nitrogens with zero attached hydrogens (tertiary/aromatic N) is 4. The topological polar surface area (TPSA) is 87.5 Å². The van der Waals surface area contributed by atoms with Crippen molar-refractivity contribution in [1.82, 2.24) is 24.9 Å². The first-order valence-corrected chi connectivity index (χ1v) is 12.3.